The first kappa shape index (κ1) is 23.9. The van der Waals surface area contributed by atoms with E-state index in [2.05, 4.69) is 26.8 Å². The summed E-state index contributed by atoms with van der Waals surface area (Å²) in [5, 5.41) is 0. The van der Waals surface area contributed by atoms with Crippen molar-refractivity contribution in [1.82, 2.24) is 4.90 Å². The molecular weight excluding hydrogens is 471 g/mol. The third kappa shape index (κ3) is 5.23. The Morgan fingerprint density at radius 2 is 1.54 bits per heavy atom. The number of hydrogen-bond donors (Lipinski definition) is 0. The average Bonchev–Trinajstić information content (AvgIpc) is 2.88. The average molecular weight is 500 g/mol. The fourth-order valence-electron chi connectivity index (χ4n) is 4.72. The molecule has 1 saturated heterocycles. The first-order valence-corrected chi connectivity index (χ1v) is 12.6. The van der Waals surface area contributed by atoms with Crippen molar-refractivity contribution in [2.24, 2.45) is 0 Å². The number of rotatable bonds is 6. The van der Waals surface area contributed by atoms with E-state index in [1.807, 2.05) is 36.4 Å². The van der Waals surface area contributed by atoms with Crippen LogP contribution in [-0.4, -0.2) is 51.3 Å². The summed E-state index contributed by atoms with van der Waals surface area (Å²) in [6.07, 6.45) is -3.48. The van der Waals surface area contributed by atoms with Crippen LogP contribution in [0.4, 0.5) is 30.2 Å². The maximum atomic E-state index is 13.4. The van der Waals surface area contributed by atoms with Gasteiger partial charge in [0, 0.05) is 48.2 Å². The van der Waals surface area contributed by atoms with Gasteiger partial charge >= 0.3 is 6.18 Å². The van der Waals surface area contributed by atoms with Gasteiger partial charge in [0.25, 0.3) is 0 Å². The Morgan fingerprint density at radius 3 is 2.26 bits per heavy atom. The molecule has 0 aromatic heterocycles. The first-order valence-electron chi connectivity index (χ1n) is 11.8. The highest BCUT2D eigenvalue weighted by atomic mass is 32.2. The van der Waals surface area contributed by atoms with Gasteiger partial charge in [0.2, 0.25) is 0 Å². The quantitative estimate of drug-likeness (QED) is 0.383. The topological polar surface area (TPSA) is 19.0 Å². The Morgan fingerprint density at radius 1 is 0.829 bits per heavy atom. The summed E-state index contributed by atoms with van der Waals surface area (Å²) in [4.78, 5) is 8.82. The highest BCUT2D eigenvalue weighted by Crippen LogP contribution is 2.49. The van der Waals surface area contributed by atoms with Gasteiger partial charge in [-0.3, -0.25) is 4.90 Å². The van der Waals surface area contributed by atoms with Crippen molar-refractivity contribution in [1.29, 1.82) is 0 Å². The number of alkyl halides is 3. The van der Waals surface area contributed by atoms with Gasteiger partial charge in [-0.05, 0) is 67.6 Å². The number of ether oxygens (including phenoxy) is 1. The van der Waals surface area contributed by atoms with Crippen LogP contribution in [0.5, 0.6) is 5.75 Å². The monoisotopic (exact) mass is 499 g/mol. The second-order valence-corrected chi connectivity index (χ2v) is 9.87. The van der Waals surface area contributed by atoms with Crippen molar-refractivity contribution < 1.29 is 17.9 Å². The van der Waals surface area contributed by atoms with Gasteiger partial charge in [0.05, 0.1) is 24.0 Å². The number of para-hydroxylation sites is 1. The smallest absolute Gasteiger partial charge is 0.416 e. The van der Waals surface area contributed by atoms with Crippen LogP contribution in [0, 0.1) is 0 Å². The summed E-state index contributed by atoms with van der Waals surface area (Å²) in [6.45, 7) is 5.42. The molecule has 0 radical (unpaired) electrons. The summed E-state index contributed by atoms with van der Waals surface area (Å²) < 4.78 is 45.5. The molecule has 8 heteroatoms. The summed E-state index contributed by atoms with van der Waals surface area (Å²) in [7, 11) is 1.67. The van der Waals surface area contributed by atoms with Gasteiger partial charge in [0.15, 0.2) is 0 Å². The zero-order valence-corrected chi connectivity index (χ0v) is 20.4. The van der Waals surface area contributed by atoms with Crippen molar-refractivity contribution in [3.63, 3.8) is 0 Å². The van der Waals surface area contributed by atoms with E-state index in [0.29, 0.717) is 12.2 Å². The second-order valence-electron chi connectivity index (χ2n) is 8.78. The van der Waals surface area contributed by atoms with E-state index in [0.717, 1.165) is 60.4 Å². The van der Waals surface area contributed by atoms with Gasteiger partial charge in [-0.15, -0.1) is 0 Å². The number of anilines is 3. The molecule has 3 aromatic carbocycles. The molecule has 0 aliphatic carbocycles. The maximum absolute atomic E-state index is 13.4. The molecule has 0 saturated carbocycles. The summed E-state index contributed by atoms with van der Waals surface area (Å²) in [5.74, 6) is 0.856. The lowest BCUT2D eigenvalue weighted by molar-refractivity contribution is -0.137. The fourth-order valence-corrected chi connectivity index (χ4v) is 5.80. The third-order valence-corrected chi connectivity index (χ3v) is 7.75. The van der Waals surface area contributed by atoms with Gasteiger partial charge in [-0.25, -0.2) is 0 Å². The van der Waals surface area contributed by atoms with E-state index in [1.165, 1.54) is 29.6 Å². The van der Waals surface area contributed by atoms with Crippen LogP contribution < -0.4 is 14.5 Å². The van der Waals surface area contributed by atoms with Crippen LogP contribution in [0.2, 0.25) is 0 Å². The normalized spacial score (nSPS) is 16.1. The first-order chi connectivity index (χ1) is 16.9. The molecule has 0 bridgehead atoms. The van der Waals surface area contributed by atoms with E-state index in [4.69, 9.17) is 4.74 Å². The lowest BCUT2D eigenvalue weighted by Gasteiger charge is -2.37. The Kier molecular flexibility index (Phi) is 6.84. The molecule has 3 aromatic rings. The zero-order valence-electron chi connectivity index (χ0n) is 19.6. The van der Waals surface area contributed by atoms with E-state index >= 15 is 0 Å². The minimum atomic E-state index is -4.36. The van der Waals surface area contributed by atoms with E-state index in [-0.39, 0.29) is 0 Å². The van der Waals surface area contributed by atoms with Gasteiger partial charge < -0.3 is 14.5 Å². The van der Waals surface area contributed by atoms with Crippen LogP contribution in [0.1, 0.15) is 12.0 Å². The predicted molar refractivity (Wildman–Crippen MR) is 135 cm³/mol. The Bertz CT molecular complexity index is 1160. The Hall–Kier alpha value is -2.84. The number of halogens is 3. The largest absolute Gasteiger partial charge is 0.497 e. The fraction of sp³-hybridized carbons (Fsp3) is 0.333. The van der Waals surface area contributed by atoms with Crippen molar-refractivity contribution in [2.75, 3.05) is 56.2 Å². The molecule has 5 rings (SSSR count). The standard InChI is InChI=1S/C27H28F3N3OS/c1-34-22-10-8-21(9-11-22)32-17-15-31(16-18-32)13-4-14-33-23-5-2-3-6-25(23)35-26-12-7-20(19-24(26)33)27(28,29)30/h2-3,5-12,19H,4,13-18H2,1H3. The molecule has 2 heterocycles. The molecule has 35 heavy (non-hydrogen) atoms. The van der Waals surface area contributed by atoms with Gasteiger partial charge in [0.1, 0.15) is 5.75 Å². The van der Waals surface area contributed by atoms with Crippen molar-refractivity contribution in [2.45, 2.75) is 22.4 Å². The molecule has 184 valence electrons. The molecule has 0 amide bonds. The number of nitrogens with zero attached hydrogens (tertiary/aromatic N) is 3. The van der Waals surface area contributed by atoms with Gasteiger partial charge in [-0.2, -0.15) is 13.2 Å². The Balaban J connectivity index is 1.23. The lowest BCUT2D eigenvalue weighted by Crippen LogP contribution is -2.47. The van der Waals surface area contributed by atoms with E-state index in [9.17, 15) is 13.2 Å². The van der Waals surface area contributed by atoms with Crippen LogP contribution in [0.25, 0.3) is 0 Å². The molecule has 2 aliphatic rings. The van der Waals surface area contributed by atoms with Crippen molar-refractivity contribution >= 4 is 28.8 Å². The van der Waals surface area contributed by atoms with Crippen LogP contribution >= 0.6 is 11.8 Å². The summed E-state index contributed by atoms with van der Waals surface area (Å²) >= 11 is 1.53. The highest BCUT2D eigenvalue weighted by molar-refractivity contribution is 7.99. The molecule has 0 atom stereocenters. The number of methoxy groups -OCH3 is 1. The molecule has 0 N–H and O–H groups in total. The number of fused-ring (bicyclic) bond motifs is 2. The number of benzene rings is 3. The van der Waals surface area contributed by atoms with Crippen LogP contribution in [-0.2, 0) is 6.18 Å². The SMILES string of the molecule is COc1ccc(N2CCN(CCCN3c4ccccc4Sc4ccc(C(F)(F)F)cc43)CC2)cc1. The molecule has 0 spiro atoms. The second kappa shape index (κ2) is 10.0. The summed E-state index contributed by atoms with van der Waals surface area (Å²) in [5.41, 5.74) is 2.22. The number of hydrogen-bond acceptors (Lipinski definition) is 5. The van der Waals surface area contributed by atoms with Crippen molar-refractivity contribution in [3.05, 3.63) is 72.3 Å². The van der Waals surface area contributed by atoms with E-state index < -0.39 is 11.7 Å². The van der Waals surface area contributed by atoms with Crippen LogP contribution in [0.3, 0.4) is 0 Å². The third-order valence-electron chi connectivity index (χ3n) is 6.62. The highest BCUT2D eigenvalue weighted by Gasteiger charge is 2.33. The molecule has 2 aliphatic heterocycles. The minimum absolute atomic E-state index is 0.601. The molecule has 0 unspecified atom stereocenters. The zero-order chi connectivity index (χ0) is 24.4. The predicted octanol–water partition coefficient (Wildman–Crippen LogP) is 6.53. The molecule has 4 nitrogen and oxygen atoms in total. The number of piperazine rings is 1. The molecular formula is C27H28F3N3OS. The van der Waals surface area contributed by atoms with Crippen LogP contribution in [0.15, 0.2) is 76.5 Å². The lowest BCUT2D eigenvalue weighted by atomic mass is 10.1. The van der Waals surface area contributed by atoms with Gasteiger partial charge in [-0.1, -0.05) is 23.9 Å². The minimum Gasteiger partial charge on any atom is -0.497 e. The molecule has 1 fully saturated rings. The van der Waals surface area contributed by atoms with Crippen molar-refractivity contribution in [3.8, 4) is 5.75 Å². The summed E-state index contributed by atoms with van der Waals surface area (Å²) in [6, 6.07) is 20.2. The maximum Gasteiger partial charge on any atom is 0.416 e. The van der Waals surface area contributed by atoms with E-state index in [1.54, 1.807) is 13.2 Å². The Labute approximate surface area is 208 Å².